The molecule has 1 amide bonds. The second-order valence-corrected chi connectivity index (χ2v) is 6.81. The zero-order chi connectivity index (χ0) is 17.2. The standard InChI is InChI=1S/C17H15N3O3S/c1-12(21)19-14-8-2-3-10-16(14)24(22,23)20-15-9-4-6-13-7-5-11-18-17(13)15/h2-11,20H,1H3,(H,19,21). The first kappa shape index (κ1) is 15.9. The van der Waals surface area contributed by atoms with Crippen LogP contribution in [0, 0.1) is 0 Å². The van der Waals surface area contributed by atoms with Crippen molar-refractivity contribution in [3.8, 4) is 0 Å². The van der Waals surface area contributed by atoms with E-state index in [0.717, 1.165) is 5.39 Å². The molecule has 1 aromatic heterocycles. The highest BCUT2D eigenvalue weighted by Crippen LogP contribution is 2.27. The van der Waals surface area contributed by atoms with Gasteiger partial charge < -0.3 is 5.32 Å². The Morgan fingerprint density at radius 3 is 2.46 bits per heavy atom. The molecular formula is C17H15N3O3S. The Hall–Kier alpha value is -2.93. The minimum absolute atomic E-state index is 0.00636. The smallest absolute Gasteiger partial charge is 0.264 e. The quantitative estimate of drug-likeness (QED) is 0.763. The highest BCUT2D eigenvalue weighted by molar-refractivity contribution is 7.93. The van der Waals surface area contributed by atoms with Crippen molar-refractivity contribution in [3.63, 3.8) is 0 Å². The molecule has 1 heterocycles. The van der Waals surface area contributed by atoms with E-state index in [9.17, 15) is 13.2 Å². The van der Waals surface area contributed by atoms with Gasteiger partial charge in [-0.15, -0.1) is 0 Å². The summed E-state index contributed by atoms with van der Waals surface area (Å²) < 4.78 is 28.1. The van der Waals surface area contributed by atoms with Crippen LogP contribution in [0.2, 0.25) is 0 Å². The summed E-state index contributed by atoms with van der Waals surface area (Å²) in [5.74, 6) is -0.343. The molecule has 3 aromatic rings. The number of hydrogen-bond donors (Lipinski definition) is 2. The first-order chi connectivity index (χ1) is 11.5. The minimum atomic E-state index is -3.89. The molecule has 0 unspecified atom stereocenters. The van der Waals surface area contributed by atoms with Gasteiger partial charge in [-0.05, 0) is 24.3 Å². The molecule has 24 heavy (non-hydrogen) atoms. The van der Waals surface area contributed by atoms with Gasteiger partial charge in [0.15, 0.2) is 0 Å². The Morgan fingerprint density at radius 1 is 0.958 bits per heavy atom. The summed E-state index contributed by atoms with van der Waals surface area (Å²) in [6.45, 7) is 1.32. The lowest BCUT2D eigenvalue weighted by Gasteiger charge is -2.13. The van der Waals surface area contributed by atoms with Gasteiger partial charge in [-0.2, -0.15) is 0 Å². The number of anilines is 2. The molecule has 122 valence electrons. The molecule has 0 atom stereocenters. The number of benzene rings is 2. The molecule has 0 saturated carbocycles. The second kappa shape index (κ2) is 6.29. The van der Waals surface area contributed by atoms with Crippen molar-refractivity contribution < 1.29 is 13.2 Å². The molecule has 3 rings (SSSR count). The van der Waals surface area contributed by atoms with Crippen molar-refractivity contribution in [1.82, 2.24) is 4.98 Å². The highest BCUT2D eigenvalue weighted by Gasteiger charge is 2.20. The van der Waals surface area contributed by atoms with Crippen LogP contribution >= 0.6 is 0 Å². The van der Waals surface area contributed by atoms with Crippen LogP contribution in [0.25, 0.3) is 10.9 Å². The van der Waals surface area contributed by atoms with Gasteiger partial charge in [0.1, 0.15) is 4.90 Å². The van der Waals surface area contributed by atoms with Crippen LogP contribution in [0.1, 0.15) is 6.92 Å². The van der Waals surface area contributed by atoms with E-state index in [1.165, 1.54) is 19.1 Å². The minimum Gasteiger partial charge on any atom is -0.325 e. The van der Waals surface area contributed by atoms with Crippen molar-refractivity contribution in [2.24, 2.45) is 0 Å². The maximum absolute atomic E-state index is 12.8. The normalized spacial score (nSPS) is 11.2. The monoisotopic (exact) mass is 341 g/mol. The molecule has 7 heteroatoms. The topological polar surface area (TPSA) is 88.2 Å². The van der Waals surface area contributed by atoms with Crippen molar-refractivity contribution in [1.29, 1.82) is 0 Å². The second-order valence-electron chi connectivity index (χ2n) is 5.16. The fourth-order valence-corrected chi connectivity index (χ4v) is 3.61. The maximum Gasteiger partial charge on any atom is 0.264 e. The summed E-state index contributed by atoms with van der Waals surface area (Å²) in [5, 5.41) is 3.36. The predicted octanol–water partition coefficient (Wildman–Crippen LogP) is 2.99. The number of carbonyl (C=O) groups is 1. The molecule has 0 aliphatic heterocycles. The zero-order valence-electron chi connectivity index (χ0n) is 12.9. The summed E-state index contributed by atoms with van der Waals surface area (Å²) in [6, 6.07) is 15.1. The van der Waals surface area contributed by atoms with Gasteiger partial charge in [0.25, 0.3) is 10.0 Å². The van der Waals surface area contributed by atoms with Gasteiger partial charge in [-0.3, -0.25) is 14.5 Å². The lowest BCUT2D eigenvalue weighted by molar-refractivity contribution is -0.114. The molecule has 2 aromatic carbocycles. The number of carbonyl (C=O) groups excluding carboxylic acids is 1. The first-order valence-electron chi connectivity index (χ1n) is 7.20. The number of sulfonamides is 1. The highest BCUT2D eigenvalue weighted by atomic mass is 32.2. The van der Waals surface area contributed by atoms with Crippen LogP contribution in [0.3, 0.4) is 0 Å². The summed E-state index contributed by atoms with van der Waals surface area (Å²) in [4.78, 5) is 15.5. The summed E-state index contributed by atoms with van der Waals surface area (Å²) in [7, 11) is -3.89. The number of hydrogen-bond acceptors (Lipinski definition) is 4. The molecule has 0 saturated heterocycles. The van der Waals surface area contributed by atoms with E-state index < -0.39 is 10.0 Å². The van der Waals surface area contributed by atoms with Crippen LogP contribution in [0.4, 0.5) is 11.4 Å². The van der Waals surface area contributed by atoms with Gasteiger partial charge >= 0.3 is 0 Å². The Morgan fingerprint density at radius 2 is 1.67 bits per heavy atom. The molecule has 0 fully saturated rings. The number of nitrogens with zero attached hydrogens (tertiary/aromatic N) is 1. The van der Waals surface area contributed by atoms with Crippen molar-refractivity contribution in [3.05, 3.63) is 60.8 Å². The average molecular weight is 341 g/mol. The summed E-state index contributed by atoms with van der Waals surface area (Å²) in [6.07, 6.45) is 1.60. The lowest BCUT2D eigenvalue weighted by Crippen LogP contribution is -2.17. The Balaban J connectivity index is 2.05. The third kappa shape index (κ3) is 3.21. The predicted molar refractivity (Wildman–Crippen MR) is 93.3 cm³/mol. The molecular weight excluding hydrogens is 326 g/mol. The van der Waals surface area contributed by atoms with Gasteiger partial charge in [-0.1, -0.05) is 30.3 Å². The number of para-hydroxylation sites is 2. The third-order valence-electron chi connectivity index (χ3n) is 3.36. The number of pyridine rings is 1. The van der Waals surface area contributed by atoms with E-state index in [2.05, 4.69) is 15.0 Å². The van der Waals surface area contributed by atoms with Crippen LogP contribution in [0.15, 0.2) is 65.7 Å². The van der Waals surface area contributed by atoms with Crippen LogP contribution in [-0.4, -0.2) is 19.3 Å². The number of nitrogens with one attached hydrogen (secondary N) is 2. The summed E-state index contributed by atoms with van der Waals surface area (Å²) in [5.41, 5.74) is 1.16. The molecule has 0 bridgehead atoms. The number of rotatable bonds is 4. The van der Waals surface area contributed by atoms with E-state index in [4.69, 9.17) is 0 Å². The first-order valence-corrected chi connectivity index (χ1v) is 8.69. The zero-order valence-corrected chi connectivity index (χ0v) is 13.7. The van der Waals surface area contributed by atoms with Crippen LogP contribution < -0.4 is 10.0 Å². The van der Waals surface area contributed by atoms with Crippen LogP contribution in [0.5, 0.6) is 0 Å². The third-order valence-corrected chi connectivity index (χ3v) is 4.79. The van der Waals surface area contributed by atoms with E-state index >= 15 is 0 Å². The van der Waals surface area contributed by atoms with Crippen molar-refractivity contribution in [2.75, 3.05) is 10.0 Å². The van der Waals surface area contributed by atoms with Crippen molar-refractivity contribution in [2.45, 2.75) is 11.8 Å². The van der Waals surface area contributed by atoms with Crippen LogP contribution in [-0.2, 0) is 14.8 Å². The Kier molecular flexibility index (Phi) is 4.18. The SMILES string of the molecule is CC(=O)Nc1ccccc1S(=O)(=O)Nc1cccc2cccnc12. The van der Waals surface area contributed by atoms with Gasteiger partial charge in [0.05, 0.1) is 16.9 Å². The molecule has 2 N–H and O–H groups in total. The van der Waals surface area contributed by atoms with E-state index in [0.29, 0.717) is 11.2 Å². The van der Waals surface area contributed by atoms with E-state index in [-0.39, 0.29) is 16.5 Å². The van der Waals surface area contributed by atoms with Gasteiger partial charge in [0.2, 0.25) is 5.91 Å². The molecule has 0 spiro atoms. The lowest BCUT2D eigenvalue weighted by atomic mass is 10.2. The van der Waals surface area contributed by atoms with E-state index in [1.807, 2.05) is 12.1 Å². The van der Waals surface area contributed by atoms with Gasteiger partial charge in [-0.25, -0.2) is 8.42 Å². The van der Waals surface area contributed by atoms with E-state index in [1.54, 1.807) is 36.5 Å². The number of fused-ring (bicyclic) bond motifs is 1. The number of aromatic nitrogens is 1. The molecule has 6 nitrogen and oxygen atoms in total. The number of amides is 1. The fraction of sp³-hybridized carbons (Fsp3) is 0.0588. The molecule has 0 radical (unpaired) electrons. The fourth-order valence-electron chi connectivity index (χ4n) is 2.38. The summed E-state index contributed by atoms with van der Waals surface area (Å²) >= 11 is 0. The molecule has 0 aliphatic rings. The largest absolute Gasteiger partial charge is 0.325 e. The van der Waals surface area contributed by atoms with Gasteiger partial charge in [0, 0.05) is 18.5 Å². The Bertz CT molecular complexity index is 1010. The maximum atomic E-state index is 12.8. The Labute approximate surface area is 139 Å². The molecule has 0 aliphatic carbocycles. The average Bonchev–Trinajstić information content (AvgIpc) is 2.55. The van der Waals surface area contributed by atoms with Crippen molar-refractivity contribution >= 4 is 38.2 Å².